The van der Waals surface area contributed by atoms with Crippen LogP contribution in [0.25, 0.3) is 0 Å². The van der Waals surface area contributed by atoms with Crippen LogP contribution in [0.3, 0.4) is 0 Å². The highest BCUT2D eigenvalue weighted by Crippen LogP contribution is 2.29. The Morgan fingerprint density at radius 1 is 1.30 bits per heavy atom. The quantitative estimate of drug-likeness (QED) is 0.821. The molecule has 27 heavy (non-hydrogen) atoms. The summed E-state index contributed by atoms with van der Waals surface area (Å²) in [6, 6.07) is 5.73. The van der Waals surface area contributed by atoms with Crippen molar-refractivity contribution in [2.24, 2.45) is 0 Å². The summed E-state index contributed by atoms with van der Waals surface area (Å²) in [5.74, 6) is -2.53. The minimum atomic E-state index is -5.01. The molecule has 2 unspecified atom stereocenters. The number of para-hydroxylation sites is 2. The number of nitrogens with zero attached hydrogens (tertiary/aromatic N) is 1. The Balaban J connectivity index is 1.52. The normalized spacial score (nSPS) is 21.9. The maximum absolute atomic E-state index is 12.6. The Labute approximate surface area is 152 Å². The third-order valence-corrected chi connectivity index (χ3v) is 4.47. The number of anilines is 1. The minimum Gasteiger partial charge on any atom is -0.478 e. The summed E-state index contributed by atoms with van der Waals surface area (Å²) in [7, 11) is 0. The molecule has 7 nitrogen and oxygen atoms in total. The molecule has 2 aliphatic rings. The molecule has 1 aromatic rings. The predicted octanol–water partition coefficient (Wildman–Crippen LogP) is 1.45. The molecule has 0 radical (unpaired) electrons. The number of alkyl halides is 3. The highest BCUT2D eigenvalue weighted by atomic mass is 19.4. The summed E-state index contributed by atoms with van der Waals surface area (Å²) < 4.78 is 43.4. The van der Waals surface area contributed by atoms with Gasteiger partial charge in [0.05, 0.1) is 5.69 Å². The van der Waals surface area contributed by atoms with E-state index in [9.17, 15) is 27.6 Å². The van der Waals surface area contributed by atoms with E-state index in [0.717, 1.165) is 0 Å². The molecule has 2 heterocycles. The number of nitrogens with one attached hydrogen (secondary N) is 2. The first-order valence-corrected chi connectivity index (χ1v) is 8.49. The summed E-state index contributed by atoms with van der Waals surface area (Å²) in [6.07, 6.45) is -5.20. The molecular formula is C17H18F3N3O4. The molecule has 3 amide bonds. The number of rotatable bonds is 4. The molecule has 1 saturated heterocycles. The van der Waals surface area contributed by atoms with Gasteiger partial charge in [0.2, 0.25) is 5.91 Å². The Kier molecular flexibility index (Phi) is 5.24. The molecule has 2 aliphatic heterocycles. The minimum absolute atomic E-state index is 0.0314. The smallest absolute Gasteiger partial charge is 0.471 e. The first kappa shape index (κ1) is 19.0. The topological polar surface area (TPSA) is 87.7 Å². The number of hydrogen-bond donors (Lipinski definition) is 2. The Morgan fingerprint density at radius 3 is 2.78 bits per heavy atom. The molecule has 1 aromatic carbocycles. The van der Waals surface area contributed by atoms with Crippen molar-refractivity contribution in [2.75, 3.05) is 18.4 Å². The zero-order chi connectivity index (χ0) is 19.6. The lowest BCUT2D eigenvalue weighted by Crippen LogP contribution is -2.50. The van der Waals surface area contributed by atoms with Crippen molar-refractivity contribution in [2.45, 2.75) is 37.6 Å². The number of carbonyl (C=O) groups excluding carboxylic acids is 3. The fourth-order valence-corrected chi connectivity index (χ4v) is 3.17. The Morgan fingerprint density at radius 2 is 2.04 bits per heavy atom. The maximum Gasteiger partial charge on any atom is 0.471 e. The summed E-state index contributed by atoms with van der Waals surface area (Å²) in [5.41, 5.74) is 0.551. The Bertz CT molecular complexity index is 753. The van der Waals surface area contributed by atoms with Crippen molar-refractivity contribution >= 4 is 23.4 Å². The number of carbonyl (C=O) groups is 3. The monoisotopic (exact) mass is 385 g/mol. The van der Waals surface area contributed by atoms with Gasteiger partial charge in [-0.3, -0.25) is 14.4 Å². The predicted molar refractivity (Wildman–Crippen MR) is 87.9 cm³/mol. The van der Waals surface area contributed by atoms with Gasteiger partial charge in [0.15, 0.2) is 6.10 Å². The second-order valence-corrected chi connectivity index (χ2v) is 6.33. The molecular weight excluding hydrogens is 367 g/mol. The van der Waals surface area contributed by atoms with Gasteiger partial charge in [0.25, 0.3) is 5.91 Å². The van der Waals surface area contributed by atoms with Crippen molar-refractivity contribution in [3.05, 3.63) is 24.3 Å². The fraction of sp³-hybridized carbons (Fsp3) is 0.471. The fourth-order valence-electron chi connectivity index (χ4n) is 3.17. The van der Waals surface area contributed by atoms with Crippen LogP contribution in [-0.2, 0) is 14.4 Å². The number of fused-ring (bicyclic) bond motifs is 1. The van der Waals surface area contributed by atoms with Gasteiger partial charge in [-0.25, -0.2) is 0 Å². The number of hydrogen-bond acceptors (Lipinski definition) is 4. The van der Waals surface area contributed by atoms with Crippen LogP contribution in [-0.4, -0.2) is 54.0 Å². The van der Waals surface area contributed by atoms with E-state index in [1.165, 1.54) is 0 Å². The van der Waals surface area contributed by atoms with Gasteiger partial charge < -0.3 is 20.3 Å². The first-order valence-electron chi connectivity index (χ1n) is 8.49. The molecule has 146 valence electrons. The molecule has 2 N–H and O–H groups in total. The molecule has 1 fully saturated rings. The standard InChI is InChI=1S/C17H18F3N3O4/c18-17(19,20)16(26)23-9-3-5-11(23)14(24)21-8-7-13-15(25)22-10-4-1-2-6-12(10)27-13/h1-2,4,6,11,13H,3,5,7-9H2,(H,21,24)(H,22,25). The lowest BCUT2D eigenvalue weighted by Gasteiger charge is -2.27. The van der Waals surface area contributed by atoms with Crippen molar-refractivity contribution in [3.63, 3.8) is 0 Å². The molecule has 3 rings (SSSR count). The molecule has 0 bridgehead atoms. The van der Waals surface area contributed by atoms with Gasteiger partial charge in [-0.1, -0.05) is 12.1 Å². The Hall–Kier alpha value is -2.78. The van der Waals surface area contributed by atoms with E-state index in [1.807, 2.05) is 0 Å². The highest BCUT2D eigenvalue weighted by molar-refractivity contribution is 5.97. The molecule has 0 aliphatic carbocycles. The molecule has 0 aromatic heterocycles. The van der Waals surface area contributed by atoms with E-state index in [1.54, 1.807) is 24.3 Å². The highest BCUT2D eigenvalue weighted by Gasteiger charge is 2.47. The zero-order valence-corrected chi connectivity index (χ0v) is 14.2. The number of halogens is 3. The number of ether oxygens (including phenoxy) is 1. The van der Waals surface area contributed by atoms with Crippen molar-refractivity contribution < 1.29 is 32.3 Å². The van der Waals surface area contributed by atoms with E-state index in [2.05, 4.69) is 10.6 Å². The van der Waals surface area contributed by atoms with E-state index < -0.39 is 30.1 Å². The van der Waals surface area contributed by atoms with Gasteiger partial charge in [-0.2, -0.15) is 13.2 Å². The average Bonchev–Trinajstić information content (AvgIpc) is 3.10. The van der Waals surface area contributed by atoms with Crippen molar-refractivity contribution in [1.82, 2.24) is 10.2 Å². The molecule has 2 atom stereocenters. The summed E-state index contributed by atoms with van der Waals surface area (Å²) in [6.45, 7) is -0.0784. The first-order chi connectivity index (χ1) is 12.8. The zero-order valence-electron chi connectivity index (χ0n) is 14.2. The van der Waals surface area contributed by atoms with E-state index in [0.29, 0.717) is 22.8 Å². The summed E-state index contributed by atoms with van der Waals surface area (Å²) in [5, 5.41) is 5.18. The van der Waals surface area contributed by atoms with Gasteiger partial charge in [-0.15, -0.1) is 0 Å². The van der Waals surface area contributed by atoms with E-state index in [-0.39, 0.29) is 31.8 Å². The SMILES string of the molecule is O=C1Nc2ccccc2OC1CCNC(=O)C1CCCN1C(=O)C(F)(F)F. The van der Waals surface area contributed by atoms with Crippen LogP contribution in [0.5, 0.6) is 5.75 Å². The van der Waals surface area contributed by atoms with Gasteiger partial charge in [-0.05, 0) is 25.0 Å². The lowest BCUT2D eigenvalue weighted by atomic mass is 10.1. The molecule has 10 heteroatoms. The van der Waals surface area contributed by atoms with Crippen LogP contribution >= 0.6 is 0 Å². The lowest BCUT2D eigenvalue weighted by molar-refractivity contribution is -0.186. The molecule has 0 spiro atoms. The van der Waals surface area contributed by atoms with Crippen molar-refractivity contribution in [1.29, 1.82) is 0 Å². The van der Waals surface area contributed by atoms with Crippen molar-refractivity contribution in [3.8, 4) is 5.75 Å². The van der Waals surface area contributed by atoms with E-state index >= 15 is 0 Å². The summed E-state index contributed by atoms with van der Waals surface area (Å²) >= 11 is 0. The third-order valence-electron chi connectivity index (χ3n) is 4.47. The van der Waals surface area contributed by atoms with E-state index in [4.69, 9.17) is 4.74 Å². The maximum atomic E-state index is 12.6. The second kappa shape index (κ2) is 7.45. The van der Waals surface area contributed by atoms with Crippen LogP contribution < -0.4 is 15.4 Å². The number of amides is 3. The van der Waals surface area contributed by atoms with Crippen LogP contribution in [0.2, 0.25) is 0 Å². The van der Waals surface area contributed by atoms with Crippen LogP contribution in [0.1, 0.15) is 19.3 Å². The van der Waals surface area contributed by atoms with Gasteiger partial charge in [0.1, 0.15) is 11.8 Å². The van der Waals surface area contributed by atoms with Crippen LogP contribution in [0.4, 0.5) is 18.9 Å². The van der Waals surface area contributed by atoms with Gasteiger partial charge in [0, 0.05) is 19.5 Å². The van der Waals surface area contributed by atoms with Crippen LogP contribution in [0, 0.1) is 0 Å². The second-order valence-electron chi connectivity index (χ2n) is 6.33. The average molecular weight is 385 g/mol. The van der Waals surface area contributed by atoms with Gasteiger partial charge >= 0.3 is 12.1 Å². The number of likely N-dealkylation sites (tertiary alicyclic amines) is 1. The van der Waals surface area contributed by atoms with Crippen LogP contribution in [0.15, 0.2) is 24.3 Å². The third kappa shape index (κ3) is 4.15. The largest absolute Gasteiger partial charge is 0.478 e. The molecule has 0 saturated carbocycles. The summed E-state index contributed by atoms with van der Waals surface area (Å²) in [4.78, 5) is 36.2. The number of benzene rings is 1.